The number of carbonyl (C=O) groups is 1. The zero-order valence-corrected chi connectivity index (χ0v) is 16.3. The molecule has 0 radical (unpaired) electrons. The van der Waals surface area contributed by atoms with Crippen LogP contribution in [-0.4, -0.2) is 20.9 Å². The fourth-order valence-corrected chi connectivity index (χ4v) is 3.28. The van der Waals surface area contributed by atoms with Crippen LogP contribution in [0.25, 0.3) is 0 Å². The normalized spacial score (nSPS) is 11.8. The zero-order chi connectivity index (χ0) is 21.1. The van der Waals surface area contributed by atoms with Crippen LogP contribution >= 0.6 is 0 Å². The Bertz CT molecular complexity index is 682. The number of hydrogen-bond donors (Lipinski definition) is 1. The molecule has 8 heteroatoms. The first-order valence-electron chi connectivity index (χ1n) is 9.62. The highest BCUT2D eigenvalue weighted by molar-refractivity contribution is 5.81. The van der Waals surface area contributed by atoms with E-state index in [0.717, 1.165) is 25.7 Å². The molecule has 0 heterocycles. The summed E-state index contributed by atoms with van der Waals surface area (Å²) in [6.07, 6.45) is 9.11. The van der Waals surface area contributed by atoms with Crippen molar-refractivity contribution in [1.29, 1.82) is 0 Å². The summed E-state index contributed by atoms with van der Waals surface area (Å²) in [6.45, 7) is 5.59. The number of unbranched alkanes of at least 4 members (excludes halogenated alkanes) is 6. The molecule has 1 aromatic rings. The molecule has 0 saturated carbocycles. The fourth-order valence-electron chi connectivity index (χ4n) is 3.28. The molecule has 0 aromatic heterocycles. The fraction of sp³-hybridized carbons (Fsp3) is 0.550. The summed E-state index contributed by atoms with van der Waals surface area (Å²) in [5, 5.41) is 32.5. The second kappa shape index (κ2) is 11.8. The van der Waals surface area contributed by atoms with Crippen molar-refractivity contribution in [2.75, 3.05) is 0 Å². The van der Waals surface area contributed by atoms with Gasteiger partial charge in [-0.15, -0.1) is 6.58 Å². The molecule has 0 amide bonds. The number of allylic oxidation sites excluding steroid dienone is 1. The molecule has 0 bridgehead atoms. The third-order valence-corrected chi connectivity index (χ3v) is 4.71. The molecule has 1 unspecified atom stereocenters. The van der Waals surface area contributed by atoms with Crippen molar-refractivity contribution >= 4 is 17.3 Å². The van der Waals surface area contributed by atoms with Crippen LogP contribution < -0.4 is 0 Å². The maximum absolute atomic E-state index is 11.6. The molecule has 0 aliphatic carbocycles. The van der Waals surface area contributed by atoms with E-state index < -0.39 is 33.1 Å². The molecule has 1 aromatic carbocycles. The second-order valence-corrected chi connectivity index (χ2v) is 6.85. The van der Waals surface area contributed by atoms with Gasteiger partial charge in [0, 0.05) is 12.1 Å². The molecular formula is C20H28N2O6. The van der Waals surface area contributed by atoms with Gasteiger partial charge in [-0.25, -0.2) is 0 Å². The van der Waals surface area contributed by atoms with Gasteiger partial charge < -0.3 is 5.11 Å². The Morgan fingerprint density at radius 3 is 2.00 bits per heavy atom. The van der Waals surface area contributed by atoms with Gasteiger partial charge in [0.2, 0.25) is 0 Å². The molecule has 0 fully saturated rings. The molecule has 8 nitrogen and oxygen atoms in total. The standard InChI is InChI=1S/C20H28N2O6/c1-3-5-6-7-8-9-10-12-15-13-17(21(25)26)19(18(14-15)22(27)28)16(11-4-2)20(23)24/h4,13-14,16H,2-3,5-12H2,1H3,(H,23,24). The van der Waals surface area contributed by atoms with E-state index in [1.165, 1.54) is 37.5 Å². The Morgan fingerprint density at radius 2 is 1.57 bits per heavy atom. The Kier molecular flexibility index (Phi) is 9.84. The van der Waals surface area contributed by atoms with Crippen molar-refractivity contribution in [1.82, 2.24) is 0 Å². The smallest absolute Gasteiger partial charge is 0.311 e. The topological polar surface area (TPSA) is 124 Å². The Balaban J connectivity index is 3.09. The summed E-state index contributed by atoms with van der Waals surface area (Å²) >= 11 is 0. The highest BCUT2D eigenvalue weighted by atomic mass is 16.6. The Morgan fingerprint density at radius 1 is 1.07 bits per heavy atom. The third-order valence-electron chi connectivity index (χ3n) is 4.71. The summed E-state index contributed by atoms with van der Waals surface area (Å²) in [5.74, 6) is -2.74. The maximum atomic E-state index is 11.6. The van der Waals surface area contributed by atoms with E-state index in [-0.39, 0.29) is 12.0 Å². The molecule has 154 valence electrons. The first kappa shape index (κ1) is 23.3. The summed E-state index contributed by atoms with van der Waals surface area (Å²) in [7, 11) is 0. The second-order valence-electron chi connectivity index (χ2n) is 6.85. The summed E-state index contributed by atoms with van der Waals surface area (Å²) in [6, 6.07) is 2.55. The lowest BCUT2D eigenvalue weighted by atomic mass is 9.90. The molecule has 0 spiro atoms. The molecule has 1 atom stereocenters. The average Bonchev–Trinajstić information content (AvgIpc) is 2.64. The van der Waals surface area contributed by atoms with E-state index in [4.69, 9.17) is 0 Å². The van der Waals surface area contributed by atoms with Gasteiger partial charge in [-0.1, -0.05) is 51.5 Å². The van der Waals surface area contributed by atoms with E-state index in [9.17, 15) is 30.1 Å². The van der Waals surface area contributed by atoms with Gasteiger partial charge >= 0.3 is 5.97 Å². The van der Waals surface area contributed by atoms with Crippen LogP contribution in [0, 0.1) is 20.2 Å². The molecule has 0 aliphatic rings. The molecule has 0 saturated heterocycles. The predicted octanol–water partition coefficient (Wildman–Crippen LogP) is 5.54. The van der Waals surface area contributed by atoms with Gasteiger partial charge in [-0.3, -0.25) is 25.0 Å². The van der Waals surface area contributed by atoms with Crippen molar-refractivity contribution in [3.63, 3.8) is 0 Å². The molecule has 0 aliphatic heterocycles. The highest BCUT2D eigenvalue weighted by Gasteiger charge is 2.35. The number of nitro benzene ring substituents is 2. The number of hydrogen-bond acceptors (Lipinski definition) is 5. The van der Waals surface area contributed by atoms with Crippen molar-refractivity contribution in [2.45, 2.75) is 70.6 Å². The van der Waals surface area contributed by atoms with Crippen molar-refractivity contribution in [2.24, 2.45) is 0 Å². The first-order chi connectivity index (χ1) is 13.3. The quantitative estimate of drug-likeness (QED) is 0.192. The number of aliphatic carboxylic acids is 1. The van der Waals surface area contributed by atoms with Crippen LogP contribution in [0.2, 0.25) is 0 Å². The van der Waals surface area contributed by atoms with Gasteiger partial charge in [-0.2, -0.15) is 0 Å². The number of carboxylic acid groups (broad SMARTS) is 1. The van der Waals surface area contributed by atoms with Gasteiger partial charge in [0.15, 0.2) is 0 Å². The molecule has 1 rings (SSSR count). The zero-order valence-electron chi connectivity index (χ0n) is 16.3. The average molecular weight is 392 g/mol. The van der Waals surface area contributed by atoms with Crippen LogP contribution in [0.5, 0.6) is 0 Å². The summed E-state index contributed by atoms with van der Waals surface area (Å²) in [4.78, 5) is 33.1. The number of carboxylic acids is 1. The molecule has 28 heavy (non-hydrogen) atoms. The lowest BCUT2D eigenvalue weighted by molar-refractivity contribution is -0.395. The van der Waals surface area contributed by atoms with Crippen LogP contribution in [0.1, 0.15) is 75.3 Å². The number of rotatable bonds is 14. The molecular weight excluding hydrogens is 364 g/mol. The van der Waals surface area contributed by atoms with Crippen molar-refractivity contribution < 1.29 is 19.7 Å². The first-order valence-corrected chi connectivity index (χ1v) is 9.62. The minimum absolute atomic E-state index is 0.131. The van der Waals surface area contributed by atoms with Crippen LogP contribution in [0.15, 0.2) is 24.8 Å². The minimum Gasteiger partial charge on any atom is -0.481 e. The maximum Gasteiger partial charge on any atom is 0.311 e. The SMILES string of the molecule is C=CCC(C(=O)O)c1c([N+](=O)[O-])cc(CCCCCCCCC)cc1[N+](=O)[O-]. The van der Waals surface area contributed by atoms with E-state index >= 15 is 0 Å². The summed E-state index contributed by atoms with van der Waals surface area (Å²) < 4.78 is 0. The van der Waals surface area contributed by atoms with Crippen molar-refractivity contribution in [3.05, 3.63) is 56.1 Å². The van der Waals surface area contributed by atoms with Gasteiger partial charge in [0.05, 0.1) is 15.8 Å². The van der Waals surface area contributed by atoms with Gasteiger partial charge in [-0.05, 0) is 24.8 Å². The van der Waals surface area contributed by atoms with Crippen LogP contribution in [0.4, 0.5) is 11.4 Å². The van der Waals surface area contributed by atoms with E-state index in [1.54, 1.807) is 0 Å². The Labute approximate surface area is 164 Å². The van der Waals surface area contributed by atoms with Gasteiger partial charge in [0.25, 0.3) is 11.4 Å². The number of aryl methyl sites for hydroxylation is 1. The van der Waals surface area contributed by atoms with E-state index in [2.05, 4.69) is 13.5 Å². The van der Waals surface area contributed by atoms with Crippen LogP contribution in [-0.2, 0) is 11.2 Å². The van der Waals surface area contributed by atoms with E-state index in [0.29, 0.717) is 12.0 Å². The number of benzene rings is 1. The molecule has 1 N–H and O–H groups in total. The lowest BCUT2D eigenvalue weighted by Gasteiger charge is -2.13. The number of nitrogens with zero attached hydrogens (tertiary/aromatic N) is 2. The van der Waals surface area contributed by atoms with E-state index in [1.807, 2.05) is 0 Å². The predicted molar refractivity (Wildman–Crippen MR) is 107 cm³/mol. The largest absolute Gasteiger partial charge is 0.481 e. The number of nitro groups is 2. The minimum atomic E-state index is -1.38. The Hall–Kier alpha value is -2.77. The van der Waals surface area contributed by atoms with Gasteiger partial charge in [0.1, 0.15) is 5.56 Å². The summed E-state index contributed by atoms with van der Waals surface area (Å²) in [5.41, 5.74) is -0.910. The van der Waals surface area contributed by atoms with Crippen molar-refractivity contribution in [3.8, 4) is 0 Å². The monoisotopic (exact) mass is 392 g/mol. The third kappa shape index (κ3) is 6.75. The highest BCUT2D eigenvalue weighted by Crippen LogP contribution is 2.38. The van der Waals surface area contributed by atoms with Crippen LogP contribution in [0.3, 0.4) is 0 Å². The lowest BCUT2D eigenvalue weighted by Crippen LogP contribution is -2.15.